The minimum absolute atomic E-state index is 0.118. The number of nitrogens with zero attached hydrogens (tertiary/aromatic N) is 3. The Morgan fingerprint density at radius 2 is 1.77 bits per heavy atom. The summed E-state index contributed by atoms with van der Waals surface area (Å²) in [6, 6.07) is 9.85. The first-order valence-corrected chi connectivity index (χ1v) is 10.4. The molecule has 5 nitrogen and oxygen atoms in total. The molecule has 2 saturated carbocycles. The number of nitrogens with two attached hydrogens (primary N) is 1. The number of nitrogen functional groups attached to an aromatic ring is 1. The number of hydrogen-bond donors (Lipinski definition) is 1. The molecule has 2 aliphatic carbocycles. The molecular formula is C20H24N4OS. The second-order valence-electron chi connectivity index (χ2n) is 7.32. The lowest BCUT2D eigenvalue weighted by molar-refractivity contribution is 0.0690. The second-order valence-corrected chi connectivity index (χ2v) is 8.10. The van der Waals surface area contributed by atoms with Crippen molar-refractivity contribution in [2.45, 2.75) is 36.9 Å². The number of amides is 1. The summed E-state index contributed by atoms with van der Waals surface area (Å²) in [6.45, 7) is 0. The quantitative estimate of drug-likeness (QED) is 0.622. The Bertz CT molecular complexity index is 803. The third kappa shape index (κ3) is 3.56. The van der Waals surface area contributed by atoms with Gasteiger partial charge in [-0.2, -0.15) is 0 Å². The lowest BCUT2D eigenvalue weighted by Crippen LogP contribution is -2.40. The van der Waals surface area contributed by atoms with Crippen LogP contribution in [0, 0.1) is 11.8 Å². The van der Waals surface area contributed by atoms with Gasteiger partial charge in [-0.3, -0.25) is 4.79 Å². The Balaban J connectivity index is 1.53. The first-order chi connectivity index (χ1) is 12.6. The van der Waals surface area contributed by atoms with Crippen LogP contribution in [-0.4, -0.2) is 40.1 Å². The highest BCUT2D eigenvalue weighted by Gasteiger charge is 2.45. The summed E-state index contributed by atoms with van der Waals surface area (Å²) in [6.07, 6.45) is 7.00. The first kappa shape index (κ1) is 17.3. The van der Waals surface area contributed by atoms with E-state index < -0.39 is 0 Å². The monoisotopic (exact) mass is 368 g/mol. The fourth-order valence-electron chi connectivity index (χ4n) is 3.70. The molecule has 0 bridgehead atoms. The van der Waals surface area contributed by atoms with E-state index >= 15 is 0 Å². The molecule has 0 unspecified atom stereocenters. The van der Waals surface area contributed by atoms with Gasteiger partial charge < -0.3 is 10.6 Å². The van der Waals surface area contributed by atoms with Crippen molar-refractivity contribution in [2.24, 2.45) is 11.8 Å². The van der Waals surface area contributed by atoms with E-state index in [1.807, 2.05) is 42.5 Å². The van der Waals surface area contributed by atoms with Gasteiger partial charge in [-0.05, 0) is 55.9 Å². The van der Waals surface area contributed by atoms with E-state index in [0.717, 1.165) is 16.8 Å². The van der Waals surface area contributed by atoms with Gasteiger partial charge in [0.1, 0.15) is 5.82 Å². The van der Waals surface area contributed by atoms with Crippen LogP contribution in [0.15, 0.2) is 35.5 Å². The Kier molecular flexibility index (Phi) is 4.61. The Morgan fingerprint density at radius 1 is 1.15 bits per heavy atom. The van der Waals surface area contributed by atoms with Crippen LogP contribution in [0.5, 0.6) is 0 Å². The summed E-state index contributed by atoms with van der Waals surface area (Å²) in [5.41, 5.74) is 8.32. The third-order valence-corrected chi connectivity index (χ3v) is 5.86. The van der Waals surface area contributed by atoms with Crippen molar-refractivity contribution in [3.05, 3.63) is 35.9 Å². The molecule has 2 N–H and O–H groups in total. The lowest BCUT2D eigenvalue weighted by atomic mass is 10.0. The second kappa shape index (κ2) is 6.91. The molecule has 1 heterocycles. The van der Waals surface area contributed by atoms with Crippen molar-refractivity contribution in [3.63, 3.8) is 0 Å². The number of benzene rings is 1. The molecule has 0 aliphatic heterocycles. The predicted octanol–water partition coefficient (Wildman–Crippen LogP) is 3.71. The first-order valence-electron chi connectivity index (χ1n) is 9.13. The van der Waals surface area contributed by atoms with Crippen molar-refractivity contribution in [2.75, 3.05) is 19.0 Å². The SMILES string of the molecule is CSc1nc(N)cc(-c2ccc(C(=O)N(C)C(C3CC3)C3CC3)cc2)n1. The number of rotatable bonds is 6. The summed E-state index contributed by atoms with van der Waals surface area (Å²) in [4.78, 5) is 23.6. The van der Waals surface area contributed by atoms with E-state index in [2.05, 4.69) is 9.97 Å². The van der Waals surface area contributed by atoms with E-state index in [1.165, 1.54) is 37.4 Å². The molecular weight excluding hydrogens is 344 g/mol. The van der Waals surface area contributed by atoms with Crippen molar-refractivity contribution < 1.29 is 4.79 Å². The maximum absolute atomic E-state index is 12.9. The maximum Gasteiger partial charge on any atom is 0.253 e. The molecule has 2 aliphatic rings. The maximum atomic E-state index is 12.9. The number of thioether (sulfide) groups is 1. The van der Waals surface area contributed by atoms with E-state index in [0.29, 0.717) is 28.9 Å². The van der Waals surface area contributed by atoms with Crippen LogP contribution in [0.4, 0.5) is 5.82 Å². The zero-order valence-corrected chi connectivity index (χ0v) is 16.0. The molecule has 0 atom stereocenters. The fourth-order valence-corrected chi connectivity index (χ4v) is 4.08. The zero-order valence-electron chi connectivity index (χ0n) is 15.2. The van der Waals surface area contributed by atoms with Crippen molar-refractivity contribution in [1.82, 2.24) is 14.9 Å². The topological polar surface area (TPSA) is 72.1 Å². The summed E-state index contributed by atoms with van der Waals surface area (Å²) in [5.74, 6) is 2.00. The van der Waals surface area contributed by atoms with E-state index in [4.69, 9.17) is 5.73 Å². The van der Waals surface area contributed by atoms with Crippen LogP contribution in [0.3, 0.4) is 0 Å². The molecule has 0 saturated heterocycles. The number of anilines is 1. The van der Waals surface area contributed by atoms with Gasteiger partial charge in [-0.15, -0.1) is 0 Å². The molecule has 0 spiro atoms. The highest BCUT2D eigenvalue weighted by molar-refractivity contribution is 7.98. The average molecular weight is 369 g/mol. The molecule has 4 rings (SSSR count). The largest absolute Gasteiger partial charge is 0.384 e. The van der Waals surface area contributed by atoms with E-state index in [-0.39, 0.29) is 5.91 Å². The van der Waals surface area contributed by atoms with Crippen LogP contribution >= 0.6 is 11.8 Å². The minimum atomic E-state index is 0.118. The Labute approximate surface area is 158 Å². The van der Waals surface area contributed by atoms with Gasteiger partial charge in [0, 0.05) is 30.3 Å². The van der Waals surface area contributed by atoms with Gasteiger partial charge in [0.25, 0.3) is 5.91 Å². The molecule has 2 fully saturated rings. The van der Waals surface area contributed by atoms with Crippen molar-refractivity contribution >= 4 is 23.5 Å². The van der Waals surface area contributed by atoms with Crippen LogP contribution < -0.4 is 5.73 Å². The summed E-state index contributed by atoms with van der Waals surface area (Å²) in [7, 11) is 1.97. The van der Waals surface area contributed by atoms with Crippen LogP contribution in [0.1, 0.15) is 36.0 Å². The van der Waals surface area contributed by atoms with Crippen molar-refractivity contribution in [3.8, 4) is 11.3 Å². The predicted molar refractivity (Wildman–Crippen MR) is 105 cm³/mol. The highest BCUT2D eigenvalue weighted by Crippen LogP contribution is 2.47. The molecule has 1 aromatic heterocycles. The average Bonchev–Trinajstić information content (AvgIpc) is 3.56. The highest BCUT2D eigenvalue weighted by atomic mass is 32.2. The summed E-state index contributed by atoms with van der Waals surface area (Å²) in [5, 5.41) is 0.650. The summed E-state index contributed by atoms with van der Waals surface area (Å²) >= 11 is 1.46. The standard InChI is InChI=1S/C20H24N4OS/c1-24(18(13-5-6-13)14-7-8-14)19(25)15-9-3-12(4-10-15)16-11-17(21)23-20(22-16)26-2/h3-4,9-11,13-14,18H,5-8H2,1-2H3,(H2,21,22,23). The molecule has 0 radical (unpaired) electrons. The van der Waals surface area contributed by atoms with Gasteiger partial charge >= 0.3 is 0 Å². The number of carbonyl (C=O) groups excluding carboxylic acids is 1. The van der Waals surface area contributed by atoms with Gasteiger partial charge in [0.15, 0.2) is 5.16 Å². The molecule has 136 valence electrons. The summed E-state index contributed by atoms with van der Waals surface area (Å²) < 4.78 is 0. The lowest BCUT2D eigenvalue weighted by Gasteiger charge is -2.28. The van der Waals surface area contributed by atoms with Gasteiger partial charge in [0.2, 0.25) is 0 Å². The number of aromatic nitrogens is 2. The van der Waals surface area contributed by atoms with E-state index in [9.17, 15) is 4.79 Å². The number of carbonyl (C=O) groups is 1. The normalized spacial score (nSPS) is 16.7. The van der Waals surface area contributed by atoms with Gasteiger partial charge in [0.05, 0.1) is 5.69 Å². The molecule has 2 aromatic rings. The zero-order chi connectivity index (χ0) is 18.3. The number of hydrogen-bond acceptors (Lipinski definition) is 5. The Morgan fingerprint density at radius 3 is 2.31 bits per heavy atom. The fraction of sp³-hybridized carbons (Fsp3) is 0.450. The molecule has 1 aromatic carbocycles. The molecule has 6 heteroatoms. The molecule has 26 heavy (non-hydrogen) atoms. The smallest absolute Gasteiger partial charge is 0.253 e. The van der Waals surface area contributed by atoms with E-state index in [1.54, 1.807) is 6.07 Å². The Hall–Kier alpha value is -2.08. The van der Waals surface area contributed by atoms with Crippen LogP contribution in [0.25, 0.3) is 11.3 Å². The van der Waals surface area contributed by atoms with Crippen LogP contribution in [-0.2, 0) is 0 Å². The third-order valence-electron chi connectivity index (χ3n) is 5.31. The van der Waals surface area contributed by atoms with Crippen LogP contribution in [0.2, 0.25) is 0 Å². The van der Waals surface area contributed by atoms with Gasteiger partial charge in [-0.25, -0.2) is 9.97 Å². The van der Waals surface area contributed by atoms with Gasteiger partial charge in [-0.1, -0.05) is 23.9 Å². The minimum Gasteiger partial charge on any atom is -0.384 e. The van der Waals surface area contributed by atoms with Crippen molar-refractivity contribution in [1.29, 1.82) is 0 Å². The molecule has 1 amide bonds.